The molecule has 104 valence electrons. The second kappa shape index (κ2) is 6.62. The average Bonchev–Trinajstić information content (AvgIpc) is 2.82. The van der Waals surface area contributed by atoms with E-state index in [2.05, 4.69) is 9.36 Å². The number of aryl methyl sites for hydroxylation is 1. The summed E-state index contributed by atoms with van der Waals surface area (Å²) in [7, 11) is 0. The third-order valence-corrected chi connectivity index (χ3v) is 4.33. The molecule has 1 aromatic heterocycles. The van der Waals surface area contributed by atoms with Gasteiger partial charge < -0.3 is 5.11 Å². The smallest absolute Gasteiger partial charge is 0.328 e. The van der Waals surface area contributed by atoms with E-state index in [1.165, 1.54) is 35.4 Å². The molecule has 0 aliphatic heterocycles. The summed E-state index contributed by atoms with van der Waals surface area (Å²) in [5.41, 5.74) is 1.16. The molecule has 0 atom stereocenters. The lowest BCUT2D eigenvalue weighted by Gasteiger charge is -2.02. The van der Waals surface area contributed by atoms with Crippen molar-refractivity contribution in [3.8, 4) is 0 Å². The quantitative estimate of drug-likeness (QED) is 0.677. The van der Waals surface area contributed by atoms with E-state index in [-0.39, 0.29) is 5.56 Å². The number of halogens is 1. The molecular weight excluding hydrogens is 299 g/mol. The molecule has 0 bridgehead atoms. The van der Waals surface area contributed by atoms with Crippen molar-refractivity contribution in [1.29, 1.82) is 0 Å². The Hall–Kier alpha value is -1.73. The van der Waals surface area contributed by atoms with Crippen LogP contribution in [-0.4, -0.2) is 20.4 Å². The summed E-state index contributed by atoms with van der Waals surface area (Å²) in [6, 6.07) is 4.65. The summed E-state index contributed by atoms with van der Waals surface area (Å²) >= 11 is 2.84. The summed E-state index contributed by atoms with van der Waals surface area (Å²) in [6.07, 6.45) is 2.17. The fraction of sp³-hybridized carbons (Fsp3) is 0.154. The molecule has 0 saturated heterocycles. The minimum Gasteiger partial charge on any atom is -0.478 e. The van der Waals surface area contributed by atoms with Gasteiger partial charge in [0.2, 0.25) is 0 Å². The Bertz CT molecular complexity index is 656. The first-order chi connectivity index (χ1) is 9.54. The zero-order valence-corrected chi connectivity index (χ0v) is 12.2. The van der Waals surface area contributed by atoms with Crippen molar-refractivity contribution in [2.45, 2.75) is 17.0 Å². The van der Waals surface area contributed by atoms with Crippen LogP contribution in [0.4, 0.5) is 4.39 Å². The van der Waals surface area contributed by atoms with Crippen LogP contribution in [0.1, 0.15) is 17.0 Å². The number of aliphatic carboxylic acids is 1. The van der Waals surface area contributed by atoms with Crippen LogP contribution < -0.4 is 0 Å². The average molecular weight is 310 g/mol. The number of thioether (sulfide) groups is 1. The lowest BCUT2D eigenvalue weighted by atomic mass is 10.1. The van der Waals surface area contributed by atoms with Crippen LogP contribution in [0.25, 0.3) is 6.08 Å². The molecule has 7 heteroatoms. The number of rotatable bonds is 5. The number of carboxylic acid groups (broad SMARTS) is 1. The Morgan fingerprint density at radius 2 is 2.35 bits per heavy atom. The van der Waals surface area contributed by atoms with Gasteiger partial charge in [0.1, 0.15) is 11.6 Å². The van der Waals surface area contributed by atoms with Crippen molar-refractivity contribution >= 4 is 35.3 Å². The SMILES string of the molecule is Cc1nsc(SCc2ccc(F)c(/C=C/C(=O)O)c2)n1. The molecule has 0 fully saturated rings. The predicted molar refractivity (Wildman–Crippen MR) is 77.3 cm³/mol. The minimum absolute atomic E-state index is 0.263. The first kappa shape index (κ1) is 14.7. The summed E-state index contributed by atoms with van der Waals surface area (Å²) < 4.78 is 18.5. The van der Waals surface area contributed by atoms with E-state index >= 15 is 0 Å². The van der Waals surface area contributed by atoms with Gasteiger partial charge in [-0.1, -0.05) is 17.8 Å². The fourth-order valence-corrected chi connectivity index (χ4v) is 3.04. The van der Waals surface area contributed by atoms with Gasteiger partial charge in [0.15, 0.2) is 4.34 Å². The molecule has 20 heavy (non-hydrogen) atoms. The van der Waals surface area contributed by atoms with Crippen molar-refractivity contribution in [3.05, 3.63) is 47.0 Å². The number of carbonyl (C=O) groups is 1. The molecular formula is C13H11FN2O2S2. The Balaban J connectivity index is 2.08. The highest BCUT2D eigenvalue weighted by Crippen LogP contribution is 2.25. The fourth-order valence-electron chi connectivity index (χ4n) is 1.45. The van der Waals surface area contributed by atoms with E-state index < -0.39 is 11.8 Å². The van der Waals surface area contributed by atoms with Gasteiger partial charge in [-0.25, -0.2) is 14.2 Å². The summed E-state index contributed by atoms with van der Waals surface area (Å²) in [5.74, 6) is -0.179. The molecule has 2 aromatic rings. The molecule has 0 aliphatic rings. The van der Waals surface area contributed by atoms with Gasteiger partial charge in [0.05, 0.1) is 0 Å². The molecule has 2 rings (SSSR count). The van der Waals surface area contributed by atoms with Crippen LogP contribution >= 0.6 is 23.3 Å². The van der Waals surface area contributed by atoms with Crippen LogP contribution in [0.2, 0.25) is 0 Å². The minimum atomic E-state index is -1.10. The standard InChI is InChI=1S/C13H11FN2O2S2/c1-8-15-13(20-16-8)19-7-9-2-4-11(14)10(6-9)3-5-12(17)18/h2-6H,7H2,1H3,(H,17,18)/b5-3+. The van der Waals surface area contributed by atoms with Gasteiger partial charge in [-0.3, -0.25) is 0 Å². The lowest BCUT2D eigenvalue weighted by molar-refractivity contribution is -0.131. The number of hydrogen-bond acceptors (Lipinski definition) is 5. The maximum absolute atomic E-state index is 13.5. The highest BCUT2D eigenvalue weighted by atomic mass is 32.2. The second-order valence-electron chi connectivity index (χ2n) is 3.92. The number of hydrogen-bond donors (Lipinski definition) is 1. The molecule has 0 aliphatic carbocycles. The second-order valence-corrected chi connectivity index (χ2v) is 5.90. The molecule has 0 radical (unpaired) electrons. The highest BCUT2D eigenvalue weighted by molar-refractivity contribution is 8.00. The molecule has 0 unspecified atom stereocenters. The van der Waals surface area contributed by atoms with E-state index in [0.29, 0.717) is 5.75 Å². The molecule has 0 spiro atoms. The molecule has 4 nitrogen and oxygen atoms in total. The van der Waals surface area contributed by atoms with E-state index in [4.69, 9.17) is 5.11 Å². The zero-order valence-electron chi connectivity index (χ0n) is 10.5. The number of nitrogens with zero attached hydrogens (tertiary/aromatic N) is 2. The molecule has 1 heterocycles. The van der Waals surface area contributed by atoms with E-state index in [1.807, 2.05) is 6.92 Å². The van der Waals surface area contributed by atoms with Crippen LogP contribution in [-0.2, 0) is 10.5 Å². The van der Waals surface area contributed by atoms with Crippen LogP contribution in [0.5, 0.6) is 0 Å². The van der Waals surface area contributed by atoms with Crippen LogP contribution in [0.3, 0.4) is 0 Å². The third kappa shape index (κ3) is 4.14. The molecule has 0 saturated carbocycles. The number of benzene rings is 1. The first-order valence-corrected chi connectivity index (χ1v) is 7.43. The van der Waals surface area contributed by atoms with E-state index in [0.717, 1.165) is 21.8 Å². The maximum atomic E-state index is 13.5. The third-order valence-electron chi connectivity index (χ3n) is 2.34. The van der Waals surface area contributed by atoms with Gasteiger partial charge in [0.25, 0.3) is 0 Å². The van der Waals surface area contributed by atoms with E-state index in [1.54, 1.807) is 12.1 Å². The number of carboxylic acids is 1. The van der Waals surface area contributed by atoms with E-state index in [9.17, 15) is 9.18 Å². The summed E-state index contributed by atoms with van der Waals surface area (Å²) in [4.78, 5) is 14.7. The molecule has 1 aromatic carbocycles. The van der Waals surface area contributed by atoms with Gasteiger partial charge in [0, 0.05) is 17.4 Å². The lowest BCUT2D eigenvalue weighted by Crippen LogP contribution is -1.90. The number of aromatic nitrogens is 2. The molecule has 0 amide bonds. The topological polar surface area (TPSA) is 63.1 Å². The Kier molecular flexibility index (Phi) is 4.86. The largest absolute Gasteiger partial charge is 0.478 e. The predicted octanol–water partition coefficient (Wildman–Crippen LogP) is 3.38. The van der Waals surface area contributed by atoms with Crippen molar-refractivity contribution in [2.24, 2.45) is 0 Å². The highest BCUT2D eigenvalue weighted by Gasteiger charge is 2.05. The van der Waals surface area contributed by atoms with Crippen LogP contribution in [0.15, 0.2) is 28.6 Å². The Morgan fingerprint density at radius 1 is 1.55 bits per heavy atom. The van der Waals surface area contributed by atoms with Gasteiger partial charge >= 0.3 is 5.97 Å². The Morgan fingerprint density at radius 3 is 3.00 bits per heavy atom. The van der Waals surface area contributed by atoms with Gasteiger partial charge in [-0.05, 0) is 42.2 Å². The van der Waals surface area contributed by atoms with Crippen molar-refractivity contribution in [1.82, 2.24) is 9.36 Å². The van der Waals surface area contributed by atoms with Crippen molar-refractivity contribution < 1.29 is 14.3 Å². The molecule has 1 N–H and O–H groups in total. The zero-order chi connectivity index (χ0) is 14.5. The summed E-state index contributed by atoms with van der Waals surface area (Å²) in [6.45, 7) is 1.83. The monoisotopic (exact) mass is 310 g/mol. The van der Waals surface area contributed by atoms with Crippen molar-refractivity contribution in [2.75, 3.05) is 0 Å². The normalized spacial score (nSPS) is 11.1. The maximum Gasteiger partial charge on any atom is 0.328 e. The van der Waals surface area contributed by atoms with Gasteiger partial charge in [-0.2, -0.15) is 4.37 Å². The first-order valence-electron chi connectivity index (χ1n) is 5.67. The van der Waals surface area contributed by atoms with Crippen molar-refractivity contribution in [3.63, 3.8) is 0 Å². The van der Waals surface area contributed by atoms with Crippen LogP contribution in [0, 0.1) is 12.7 Å². The van der Waals surface area contributed by atoms with Gasteiger partial charge in [-0.15, -0.1) is 0 Å². The Labute approximate surface area is 123 Å². The summed E-state index contributed by atoms with van der Waals surface area (Å²) in [5, 5.41) is 8.56.